The second-order valence-corrected chi connectivity index (χ2v) is 8.04. The van der Waals surface area contributed by atoms with Crippen LogP contribution in [0.1, 0.15) is 18.4 Å². The van der Waals surface area contributed by atoms with Gasteiger partial charge in [-0.1, -0.05) is 24.3 Å². The molecule has 2 heterocycles. The van der Waals surface area contributed by atoms with E-state index in [4.69, 9.17) is 14.6 Å². The molecule has 4 rings (SSSR count). The van der Waals surface area contributed by atoms with Gasteiger partial charge in [-0.25, -0.2) is 14.8 Å². The van der Waals surface area contributed by atoms with E-state index < -0.39 is 6.16 Å². The number of likely N-dealkylation sites (tertiary alicyclic amines) is 1. The molecule has 8 heteroatoms. The molecule has 1 fully saturated rings. The summed E-state index contributed by atoms with van der Waals surface area (Å²) in [6.45, 7) is 2.51. The Morgan fingerprint density at radius 2 is 1.82 bits per heavy atom. The lowest BCUT2D eigenvalue weighted by atomic mass is 10.1. The summed E-state index contributed by atoms with van der Waals surface area (Å²) < 4.78 is 10.1. The lowest BCUT2D eigenvalue weighted by molar-refractivity contribution is 0.0138. The Morgan fingerprint density at radius 1 is 1.09 bits per heavy atom. The molecule has 0 spiro atoms. The highest BCUT2D eigenvalue weighted by Crippen LogP contribution is 2.22. The molecule has 1 aliphatic rings. The lowest BCUT2D eigenvalue weighted by Crippen LogP contribution is -2.41. The van der Waals surface area contributed by atoms with E-state index >= 15 is 0 Å². The third-order valence-corrected chi connectivity index (χ3v) is 5.73. The van der Waals surface area contributed by atoms with Crippen LogP contribution in [-0.4, -0.2) is 59.0 Å². The molecule has 3 aromatic rings. The van der Waals surface area contributed by atoms with E-state index in [-0.39, 0.29) is 6.10 Å². The molecule has 0 bridgehead atoms. The Kier molecular flexibility index (Phi) is 7.36. The Balaban J connectivity index is 1.28. The van der Waals surface area contributed by atoms with E-state index in [1.54, 1.807) is 19.5 Å². The van der Waals surface area contributed by atoms with Crippen molar-refractivity contribution in [3.05, 3.63) is 66.5 Å². The van der Waals surface area contributed by atoms with E-state index in [0.29, 0.717) is 12.5 Å². The van der Waals surface area contributed by atoms with Crippen LogP contribution in [0.2, 0.25) is 0 Å². The number of nitrogens with zero attached hydrogens (tertiary/aromatic N) is 3. The number of aromatic nitrogens is 2. The fraction of sp³-hybridized carbons (Fsp3) is 0.320. The van der Waals surface area contributed by atoms with Crippen molar-refractivity contribution in [2.24, 2.45) is 0 Å². The topological polar surface area (TPSA) is 96.8 Å². The summed E-state index contributed by atoms with van der Waals surface area (Å²) in [5.74, 6) is 1.35. The molecule has 33 heavy (non-hydrogen) atoms. The van der Waals surface area contributed by atoms with Crippen LogP contribution in [0.25, 0.3) is 11.1 Å². The predicted molar refractivity (Wildman–Crippen MR) is 126 cm³/mol. The van der Waals surface area contributed by atoms with Crippen LogP contribution >= 0.6 is 0 Å². The molecule has 2 aromatic carbocycles. The normalized spacial score (nSPS) is 16.2. The number of hydrogen-bond acceptors (Lipinski definition) is 7. The number of piperidine rings is 1. The third kappa shape index (κ3) is 6.43. The van der Waals surface area contributed by atoms with Gasteiger partial charge in [-0.15, -0.1) is 0 Å². The number of ether oxygens (including phenoxy) is 2. The van der Waals surface area contributed by atoms with Crippen LogP contribution in [0, 0.1) is 0 Å². The summed E-state index contributed by atoms with van der Waals surface area (Å²) in [5, 5.41) is 12.0. The quantitative estimate of drug-likeness (QED) is 0.483. The van der Waals surface area contributed by atoms with Crippen LogP contribution in [-0.2, 0) is 11.2 Å². The van der Waals surface area contributed by atoms with Crippen LogP contribution in [0.4, 0.5) is 16.4 Å². The highest BCUT2D eigenvalue weighted by Gasteiger charge is 2.22. The van der Waals surface area contributed by atoms with E-state index in [1.165, 1.54) is 5.56 Å². The smallest absolute Gasteiger partial charge is 0.497 e. The molecular weight excluding hydrogens is 420 g/mol. The molecule has 172 valence electrons. The number of carboxylic acid groups (broad SMARTS) is 1. The monoisotopic (exact) mass is 448 g/mol. The Bertz CT molecular complexity index is 1040. The van der Waals surface area contributed by atoms with Gasteiger partial charge in [0.1, 0.15) is 11.9 Å². The number of methoxy groups -OCH3 is 1. The minimum Gasteiger partial charge on any atom is -0.497 e. The van der Waals surface area contributed by atoms with Gasteiger partial charge in [0.25, 0.3) is 0 Å². The van der Waals surface area contributed by atoms with Crippen molar-refractivity contribution in [2.45, 2.75) is 25.4 Å². The van der Waals surface area contributed by atoms with Gasteiger partial charge in [-0.3, -0.25) is 4.90 Å². The molecule has 1 aliphatic heterocycles. The molecule has 0 unspecified atom stereocenters. The molecule has 1 saturated heterocycles. The Morgan fingerprint density at radius 3 is 2.48 bits per heavy atom. The largest absolute Gasteiger partial charge is 0.506 e. The van der Waals surface area contributed by atoms with Crippen LogP contribution in [0.5, 0.6) is 5.75 Å². The average molecular weight is 449 g/mol. The second kappa shape index (κ2) is 10.8. The maximum Gasteiger partial charge on any atom is 0.506 e. The van der Waals surface area contributed by atoms with E-state index in [0.717, 1.165) is 54.9 Å². The number of carbonyl (C=O) groups is 1. The number of nitrogens with one attached hydrogen (secondary N) is 1. The summed E-state index contributed by atoms with van der Waals surface area (Å²) >= 11 is 0. The first-order valence-corrected chi connectivity index (χ1v) is 11.0. The molecule has 0 amide bonds. The van der Waals surface area contributed by atoms with E-state index in [9.17, 15) is 4.79 Å². The first kappa shape index (κ1) is 22.5. The maximum atomic E-state index is 10.8. The summed E-state index contributed by atoms with van der Waals surface area (Å²) in [6, 6.07) is 16.0. The van der Waals surface area contributed by atoms with Crippen molar-refractivity contribution < 1.29 is 19.4 Å². The standard InChI is InChI=1S/C25H28N4O4/c1-32-22-10-6-19(7-11-22)20-15-26-24(27-16-20)28-21-8-4-18(5-9-21)12-14-29-13-2-3-23(17-29)33-25(30)31/h4-11,15-16,23H,2-3,12-14,17H2,1H3,(H,30,31)(H,26,27,28)/t23-/m1/s1. The zero-order chi connectivity index (χ0) is 23.0. The summed E-state index contributed by atoms with van der Waals surface area (Å²) in [6.07, 6.45) is 4.83. The molecule has 0 saturated carbocycles. The van der Waals surface area contributed by atoms with Crippen molar-refractivity contribution in [1.82, 2.24) is 14.9 Å². The number of hydrogen-bond donors (Lipinski definition) is 2. The van der Waals surface area contributed by atoms with Crippen molar-refractivity contribution in [3.8, 4) is 16.9 Å². The fourth-order valence-corrected chi connectivity index (χ4v) is 3.95. The lowest BCUT2D eigenvalue weighted by Gasteiger charge is -2.31. The third-order valence-electron chi connectivity index (χ3n) is 5.73. The highest BCUT2D eigenvalue weighted by atomic mass is 16.7. The van der Waals surface area contributed by atoms with Gasteiger partial charge >= 0.3 is 6.16 Å². The minimum absolute atomic E-state index is 0.223. The SMILES string of the molecule is COc1ccc(-c2cnc(Nc3ccc(CCN4CCC[C@@H](OC(=O)O)C4)cc3)nc2)cc1. The minimum atomic E-state index is -1.19. The molecule has 0 aliphatic carbocycles. The predicted octanol–water partition coefficient (Wildman–Crippen LogP) is 4.60. The number of benzene rings is 2. The highest BCUT2D eigenvalue weighted by molar-refractivity contribution is 5.63. The van der Waals surface area contributed by atoms with Gasteiger partial charge in [-0.05, 0) is 61.2 Å². The van der Waals surface area contributed by atoms with Gasteiger partial charge in [-0.2, -0.15) is 0 Å². The van der Waals surface area contributed by atoms with Gasteiger partial charge in [0.2, 0.25) is 5.95 Å². The van der Waals surface area contributed by atoms with Crippen molar-refractivity contribution >= 4 is 17.8 Å². The Labute approximate surface area is 193 Å². The zero-order valence-electron chi connectivity index (χ0n) is 18.6. The van der Waals surface area contributed by atoms with Crippen molar-refractivity contribution in [2.75, 3.05) is 32.1 Å². The van der Waals surface area contributed by atoms with Crippen LogP contribution in [0.3, 0.4) is 0 Å². The van der Waals surface area contributed by atoms with Gasteiger partial charge < -0.3 is 19.9 Å². The second-order valence-electron chi connectivity index (χ2n) is 8.04. The first-order chi connectivity index (χ1) is 16.1. The molecule has 8 nitrogen and oxygen atoms in total. The summed E-state index contributed by atoms with van der Waals surface area (Å²) in [4.78, 5) is 21.9. The van der Waals surface area contributed by atoms with Gasteiger partial charge in [0, 0.05) is 36.7 Å². The maximum absolute atomic E-state index is 10.8. The van der Waals surface area contributed by atoms with Gasteiger partial charge in [0.05, 0.1) is 7.11 Å². The zero-order valence-corrected chi connectivity index (χ0v) is 18.6. The van der Waals surface area contributed by atoms with E-state index in [1.807, 2.05) is 36.4 Å². The molecule has 0 radical (unpaired) electrons. The molecular formula is C25H28N4O4. The summed E-state index contributed by atoms with van der Waals surface area (Å²) in [7, 11) is 1.65. The fourth-order valence-electron chi connectivity index (χ4n) is 3.95. The average Bonchev–Trinajstić information content (AvgIpc) is 2.84. The number of rotatable bonds is 8. The number of anilines is 2. The van der Waals surface area contributed by atoms with Gasteiger partial charge in [0.15, 0.2) is 0 Å². The molecule has 1 atom stereocenters. The molecule has 2 N–H and O–H groups in total. The van der Waals surface area contributed by atoms with Crippen molar-refractivity contribution in [3.63, 3.8) is 0 Å². The molecule has 1 aromatic heterocycles. The van der Waals surface area contributed by atoms with Crippen LogP contribution in [0.15, 0.2) is 60.9 Å². The van der Waals surface area contributed by atoms with Crippen molar-refractivity contribution in [1.29, 1.82) is 0 Å². The first-order valence-electron chi connectivity index (χ1n) is 11.0. The Hall–Kier alpha value is -3.65. The van der Waals surface area contributed by atoms with E-state index in [2.05, 4.69) is 32.3 Å². The summed E-state index contributed by atoms with van der Waals surface area (Å²) in [5.41, 5.74) is 4.11. The van der Waals surface area contributed by atoms with Crippen LogP contribution < -0.4 is 10.1 Å².